The van der Waals surface area contributed by atoms with E-state index in [-0.39, 0.29) is 5.78 Å². The summed E-state index contributed by atoms with van der Waals surface area (Å²) >= 11 is 0. The van der Waals surface area contributed by atoms with E-state index in [1.54, 1.807) is 0 Å². The maximum absolute atomic E-state index is 13.4. The highest BCUT2D eigenvalue weighted by Crippen LogP contribution is 2.19. The Morgan fingerprint density at radius 2 is 2.22 bits per heavy atom. The zero-order valence-corrected chi connectivity index (χ0v) is 9.76. The molecule has 6 heteroatoms. The molecule has 1 aromatic rings. The predicted octanol–water partition coefficient (Wildman–Crippen LogP) is 1.90. The number of ketones is 1. The molecule has 1 fully saturated rings. The monoisotopic (exact) mass is 252 g/mol. The van der Waals surface area contributed by atoms with Gasteiger partial charge in [0.15, 0.2) is 0 Å². The number of nitrogens with zero attached hydrogens (tertiary/aromatic N) is 2. The van der Waals surface area contributed by atoms with Gasteiger partial charge in [0.1, 0.15) is 5.78 Å². The zero-order valence-electron chi connectivity index (χ0n) is 9.76. The van der Waals surface area contributed by atoms with Crippen LogP contribution in [0.5, 0.6) is 0 Å². The second-order valence-electron chi connectivity index (χ2n) is 4.40. The van der Waals surface area contributed by atoms with Gasteiger partial charge in [-0.1, -0.05) is 6.07 Å². The minimum atomic E-state index is -0.833. The van der Waals surface area contributed by atoms with Gasteiger partial charge in [-0.3, -0.25) is 19.8 Å². The average molecular weight is 252 g/mol. The van der Waals surface area contributed by atoms with Gasteiger partial charge in [0.05, 0.1) is 11.5 Å². The number of piperidine rings is 1. The van der Waals surface area contributed by atoms with Crippen molar-refractivity contribution in [3.8, 4) is 0 Å². The third kappa shape index (κ3) is 2.89. The van der Waals surface area contributed by atoms with Crippen molar-refractivity contribution < 1.29 is 14.1 Å². The largest absolute Gasteiger partial charge is 0.304 e. The van der Waals surface area contributed by atoms with Crippen LogP contribution in [0.3, 0.4) is 0 Å². The van der Waals surface area contributed by atoms with Gasteiger partial charge >= 0.3 is 5.69 Å². The van der Waals surface area contributed by atoms with E-state index in [0.717, 1.165) is 25.1 Å². The van der Waals surface area contributed by atoms with Gasteiger partial charge in [-0.15, -0.1) is 0 Å². The minimum absolute atomic E-state index is 0.184. The molecular weight excluding hydrogens is 239 g/mol. The van der Waals surface area contributed by atoms with Gasteiger partial charge in [0, 0.05) is 19.0 Å². The Balaban J connectivity index is 2.08. The molecule has 0 aromatic heterocycles. The molecule has 0 bridgehead atoms. The van der Waals surface area contributed by atoms with E-state index in [1.165, 1.54) is 6.07 Å². The summed E-state index contributed by atoms with van der Waals surface area (Å²) in [6, 6.07) is 3.86. The number of likely N-dealkylation sites (tertiary alicyclic amines) is 1. The number of carbonyl (C=O) groups is 1. The molecule has 1 saturated heterocycles. The Hall–Kier alpha value is -1.82. The summed E-state index contributed by atoms with van der Waals surface area (Å²) < 4.78 is 13.4. The van der Waals surface area contributed by atoms with Crippen LogP contribution in [0.1, 0.15) is 18.4 Å². The molecule has 5 nitrogen and oxygen atoms in total. The predicted molar refractivity (Wildman–Crippen MR) is 62.6 cm³/mol. The molecule has 0 radical (unpaired) electrons. The van der Waals surface area contributed by atoms with Crippen molar-refractivity contribution in [3.05, 3.63) is 39.7 Å². The summed E-state index contributed by atoms with van der Waals surface area (Å²) in [5.74, 6) is -0.649. The number of nitro groups is 1. The molecule has 1 aromatic carbocycles. The summed E-state index contributed by atoms with van der Waals surface area (Å²) in [6.45, 7) is 1.61. The first-order chi connectivity index (χ1) is 8.56. The maximum atomic E-state index is 13.4. The molecule has 1 aliphatic rings. The Morgan fingerprint density at radius 3 is 2.83 bits per heavy atom. The summed E-state index contributed by atoms with van der Waals surface area (Å²) in [4.78, 5) is 22.9. The lowest BCUT2D eigenvalue weighted by atomic mass is 10.1. The molecule has 1 aliphatic heterocycles. The van der Waals surface area contributed by atoms with Crippen molar-refractivity contribution in [2.45, 2.75) is 19.4 Å². The quantitative estimate of drug-likeness (QED) is 0.608. The van der Waals surface area contributed by atoms with Crippen LogP contribution in [-0.2, 0) is 11.3 Å². The molecule has 96 valence electrons. The normalized spacial score (nSPS) is 16.8. The van der Waals surface area contributed by atoms with Gasteiger partial charge in [-0.25, -0.2) is 0 Å². The number of carbonyl (C=O) groups excluding carboxylic acids is 1. The molecule has 0 aliphatic carbocycles. The molecule has 0 saturated carbocycles. The lowest BCUT2D eigenvalue weighted by Crippen LogP contribution is -2.34. The van der Waals surface area contributed by atoms with E-state index in [0.29, 0.717) is 25.1 Å². The highest BCUT2D eigenvalue weighted by Gasteiger charge is 2.18. The molecule has 0 spiro atoms. The standard InChI is InChI=1S/C12H13FN2O3/c13-11-6-9(3-4-12(11)15(17)18)7-14-5-1-2-10(16)8-14/h3-4,6H,1-2,5,7-8H2. The van der Waals surface area contributed by atoms with Crippen LogP contribution in [0, 0.1) is 15.9 Å². The molecule has 0 amide bonds. The molecular formula is C12H13FN2O3. The summed E-state index contributed by atoms with van der Waals surface area (Å²) in [5, 5.41) is 10.5. The third-order valence-electron chi connectivity index (χ3n) is 2.94. The Kier molecular flexibility index (Phi) is 3.66. The summed E-state index contributed by atoms with van der Waals surface area (Å²) in [7, 11) is 0. The minimum Gasteiger partial charge on any atom is -0.298 e. The van der Waals surface area contributed by atoms with Crippen molar-refractivity contribution >= 4 is 11.5 Å². The second-order valence-corrected chi connectivity index (χ2v) is 4.40. The number of hydrogen-bond donors (Lipinski definition) is 0. The van der Waals surface area contributed by atoms with Crippen molar-refractivity contribution in [3.63, 3.8) is 0 Å². The van der Waals surface area contributed by atoms with Gasteiger partial charge in [0.2, 0.25) is 5.82 Å². The number of Topliss-reactive ketones (excluding diaryl/α,β-unsaturated/α-hetero) is 1. The smallest absolute Gasteiger partial charge is 0.298 e. The Bertz CT molecular complexity index is 490. The van der Waals surface area contributed by atoms with Crippen molar-refractivity contribution in [1.82, 2.24) is 4.90 Å². The summed E-state index contributed by atoms with van der Waals surface area (Å²) in [5.41, 5.74) is 0.126. The first-order valence-electron chi connectivity index (χ1n) is 5.73. The highest BCUT2D eigenvalue weighted by molar-refractivity contribution is 5.81. The fraction of sp³-hybridized carbons (Fsp3) is 0.417. The van der Waals surface area contributed by atoms with Crippen LogP contribution in [0.15, 0.2) is 18.2 Å². The summed E-state index contributed by atoms with van der Waals surface area (Å²) in [6.07, 6.45) is 1.42. The van der Waals surface area contributed by atoms with Gasteiger partial charge in [-0.05, 0) is 24.6 Å². The van der Waals surface area contributed by atoms with Crippen LogP contribution in [-0.4, -0.2) is 28.7 Å². The molecule has 1 heterocycles. The molecule has 0 unspecified atom stereocenters. The van der Waals surface area contributed by atoms with Crippen molar-refractivity contribution in [1.29, 1.82) is 0 Å². The lowest BCUT2D eigenvalue weighted by molar-refractivity contribution is -0.387. The molecule has 0 atom stereocenters. The van der Waals surface area contributed by atoms with Crippen LogP contribution >= 0.6 is 0 Å². The van der Waals surface area contributed by atoms with E-state index in [9.17, 15) is 19.3 Å². The van der Waals surface area contributed by atoms with E-state index in [2.05, 4.69) is 0 Å². The van der Waals surface area contributed by atoms with E-state index in [1.807, 2.05) is 4.90 Å². The second kappa shape index (κ2) is 5.22. The van der Waals surface area contributed by atoms with Crippen LogP contribution in [0.4, 0.5) is 10.1 Å². The fourth-order valence-electron chi connectivity index (χ4n) is 2.10. The number of rotatable bonds is 3. The molecule has 18 heavy (non-hydrogen) atoms. The number of halogens is 1. The van der Waals surface area contributed by atoms with Gasteiger partial charge < -0.3 is 0 Å². The fourth-order valence-corrected chi connectivity index (χ4v) is 2.10. The van der Waals surface area contributed by atoms with Crippen molar-refractivity contribution in [2.75, 3.05) is 13.1 Å². The van der Waals surface area contributed by atoms with E-state index >= 15 is 0 Å². The third-order valence-corrected chi connectivity index (χ3v) is 2.94. The number of benzene rings is 1. The van der Waals surface area contributed by atoms with Crippen LogP contribution in [0.2, 0.25) is 0 Å². The van der Waals surface area contributed by atoms with Crippen LogP contribution < -0.4 is 0 Å². The number of hydrogen-bond acceptors (Lipinski definition) is 4. The first kappa shape index (κ1) is 12.6. The highest BCUT2D eigenvalue weighted by atomic mass is 19.1. The molecule has 0 N–H and O–H groups in total. The average Bonchev–Trinajstić information content (AvgIpc) is 2.28. The SMILES string of the molecule is O=C1CCCN(Cc2ccc([N+](=O)[O-])c(F)c2)C1. The zero-order chi connectivity index (χ0) is 13.1. The lowest BCUT2D eigenvalue weighted by Gasteiger charge is -2.25. The van der Waals surface area contributed by atoms with Crippen molar-refractivity contribution in [2.24, 2.45) is 0 Å². The maximum Gasteiger partial charge on any atom is 0.304 e. The van der Waals surface area contributed by atoms with Gasteiger partial charge in [-0.2, -0.15) is 4.39 Å². The Morgan fingerprint density at radius 1 is 1.44 bits per heavy atom. The first-order valence-corrected chi connectivity index (χ1v) is 5.73. The van der Waals surface area contributed by atoms with Crippen LogP contribution in [0.25, 0.3) is 0 Å². The number of nitro benzene ring substituents is 1. The van der Waals surface area contributed by atoms with E-state index < -0.39 is 16.4 Å². The topological polar surface area (TPSA) is 63.5 Å². The Labute approximate surface area is 103 Å². The van der Waals surface area contributed by atoms with Gasteiger partial charge in [0.25, 0.3) is 0 Å². The molecule has 2 rings (SSSR count). The van der Waals surface area contributed by atoms with E-state index in [4.69, 9.17) is 0 Å².